The fourth-order valence-electron chi connectivity index (χ4n) is 24.8. The van der Waals surface area contributed by atoms with Gasteiger partial charge in [-0.15, -0.1) is 0 Å². The number of sulfone groups is 1. The van der Waals surface area contributed by atoms with Crippen LogP contribution in [0.1, 0.15) is 191 Å². The number of H-pyrrole nitrogens is 1. The molecule has 18 heterocycles. The summed E-state index contributed by atoms with van der Waals surface area (Å²) in [6.45, 7) is 25.8. The largest absolute Gasteiger partial charge is 0.461 e. The molecule has 6 aromatic carbocycles. The number of pyridine rings is 1. The van der Waals surface area contributed by atoms with E-state index in [4.69, 9.17) is 44.1 Å². The van der Waals surface area contributed by atoms with Crippen LogP contribution in [0.2, 0.25) is 0 Å². The predicted molar refractivity (Wildman–Crippen MR) is 535 cm³/mol. The zero-order chi connectivity index (χ0) is 92.9. The van der Waals surface area contributed by atoms with Gasteiger partial charge in [0.2, 0.25) is 5.91 Å². The third-order valence-corrected chi connectivity index (χ3v) is 32.7. The first-order valence-corrected chi connectivity index (χ1v) is 52.1. The van der Waals surface area contributed by atoms with Gasteiger partial charge in [-0.1, -0.05) is 118 Å². The Morgan fingerprint density at radius 1 is 0.482 bits per heavy atom. The number of benzene rings is 6. The second-order valence-electron chi connectivity index (χ2n) is 39.6. The minimum atomic E-state index is -3.40. The first-order chi connectivity index (χ1) is 67.0. The van der Waals surface area contributed by atoms with Gasteiger partial charge in [-0.25, -0.2) is 23.1 Å². The second-order valence-corrected chi connectivity index (χ2v) is 41.6. The number of carbonyl (C=O) groups is 1. The number of carbonyl (C=O) groups excluding carboxylic acids is 1. The molecule has 31 heteroatoms. The molecule has 30 nitrogen and oxygen atoms in total. The van der Waals surface area contributed by atoms with Crippen LogP contribution in [-0.4, -0.2) is 220 Å². The van der Waals surface area contributed by atoms with Crippen LogP contribution in [0, 0.1) is 0 Å². The molecule has 712 valence electrons. The van der Waals surface area contributed by atoms with Crippen LogP contribution in [0.3, 0.4) is 0 Å². The molecule has 1 amide bonds. The molecule has 0 spiro atoms. The molecule has 137 heavy (non-hydrogen) atoms. The third-order valence-electron chi connectivity index (χ3n) is 31.6. The lowest BCUT2D eigenvalue weighted by molar-refractivity contribution is -0.114. The summed E-state index contributed by atoms with van der Waals surface area (Å²) in [7, 11) is -3.40. The average molecular weight is 1860 g/mol. The number of aromatic amines is 1. The van der Waals surface area contributed by atoms with Crippen LogP contribution in [-0.2, 0) is 92.4 Å². The van der Waals surface area contributed by atoms with E-state index >= 15 is 0 Å². The Kier molecular flexibility index (Phi) is 25.0. The molecule has 0 bridgehead atoms. The number of aromatic nitrogens is 14. The summed E-state index contributed by atoms with van der Waals surface area (Å²) in [4.78, 5) is 71.4. The van der Waals surface area contributed by atoms with Crippen LogP contribution in [0.4, 0.5) is 40.2 Å². The van der Waals surface area contributed by atoms with Crippen molar-refractivity contribution in [2.75, 3.05) is 140 Å². The molecule has 11 aliphatic heterocycles. The number of hydrogen-bond donors (Lipinski definition) is 3. The number of hydrogen-bond acceptors (Lipinski definition) is 26. The average Bonchev–Trinajstić information content (AvgIpc) is 1.74. The van der Waals surface area contributed by atoms with Gasteiger partial charge in [0.1, 0.15) is 54.8 Å². The highest BCUT2D eigenvalue weighted by Crippen LogP contribution is 2.47. The topological polar surface area (TPSA) is 296 Å². The minimum absolute atomic E-state index is 0.0867. The standard InChI is InChI=1S/C37H46N8O2.C35H39N9O.C34H41N7O3S/c1-3-26-9-4-10-27-11-5-13-32(33(26)27)43-20-14-29-31(23-43)40-36(47-24-37-15-7-18-45(37)19-8-16-37)41-35(29)44-17-6-12-28(22-44)34-30(21-38-42-34)39-25(2)46;1-2-25-8-3-9-26-10-4-12-30(31(25)26)42-19-13-28-29(21-42)40-34(45-22-35-14-6-17-43(35)18-7-15-35)41-32(28)38-20-27-11-5-16-37-33(27)44-24-36-23-39-44;1-3-24-8-4-9-25-10-5-11-28(31(24)25)38-17-12-26-27(21-38)36-33(44-23-34-13-6-15-40(34)16-7-14-34)37-32(26)39-18-19-41-29(22-39)30(20-35-41)45(2,42)43/h4-5,9-11,13,21,28H,3,6-8,12,14-20,22-24H2,1-2H3,(H,38,42)(H,39,46);3-5,8-12,16,23-24H,2,6-7,13-15,17-22H2,1H3,(H,38,40,41);4-5,8-11,20H,3,6-7,12-19,21-23H2,1-2H3. The highest BCUT2D eigenvalue weighted by atomic mass is 32.2. The van der Waals surface area contributed by atoms with Gasteiger partial charge < -0.3 is 49.3 Å². The number of amides is 1. The van der Waals surface area contributed by atoms with Crippen molar-refractivity contribution in [3.05, 3.63) is 220 Å². The number of fused-ring (bicyclic) bond motifs is 10. The minimum Gasteiger partial charge on any atom is -0.461 e. The van der Waals surface area contributed by atoms with Gasteiger partial charge >= 0.3 is 18.0 Å². The lowest BCUT2D eigenvalue weighted by atomic mass is 9.93. The number of anilines is 7. The Hall–Kier alpha value is -12.5. The molecule has 0 radical (unpaired) electrons. The van der Waals surface area contributed by atoms with Crippen molar-refractivity contribution in [3.63, 3.8) is 0 Å². The molecule has 1 atom stereocenters. The lowest BCUT2D eigenvalue weighted by Crippen LogP contribution is -2.44. The molecule has 11 aliphatic rings. The zero-order valence-electron chi connectivity index (χ0n) is 79.8. The number of nitrogens with zero attached hydrogens (tertiary/aromatic N) is 21. The second kappa shape index (κ2) is 38.1. The molecule has 7 fully saturated rings. The van der Waals surface area contributed by atoms with Crippen LogP contribution < -0.4 is 49.3 Å². The van der Waals surface area contributed by atoms with Crippen molar-refractivity contribution in [2.24, 2.45) is 0 Å². The number of rotatable bonds is 24. The molecule has 3 N–H and O–H groups in total. The maximum Gasteiger partial charge on any atom is 0.318 e. The molecule has 0 aliphatic carbocycles. The van der Waals surface area contributed by atoms with E-state index in [2.05, 4.69) is 216 Å². The van der Waals surface area contributed by atoms with Crippen LogP contribution in [0.25, 0.3) is 38.1 Å². The first-order valence-electron chi connectivity index (χ1n) is 50.2. The Morgan fingerprint density at radius 3 is 1.42 bits per heavy atom. The number of piperidine rings is 1. The van der Waals surface area contributed by atoms with Crippen LogP contribution >= 0.6 is 0 Å². The van der Waals surface area contributed by atoms with E-state index in [1.807, 2.05) is 10.7 Å². The normalized spacial score (nSPS) is 19.2. The van der Waals surface area contributed by atoms with E-state index < -0.39 is 9.84 Å². The Morgan fingerprint density at radius 2 is 0.949 bits per heavy atom. The van der Waals surface area contributed by atoms with E-state index in [1.54, 1.807) is 30.3 Å². The monoisotopic (exact) mass is 1860 g/mol. The van der Waals surface area contributed by atoms with Gasteiger partial charge in [0.05, 0.1) is 95.9 Å². The van der Waals surface area contributed by atoms with Gasteiger partial charge in [0, 0.05) is 127 Å². The van der Waals surface area contributed by atoms with E-state index in [9.17, 15) is 13.2 Å². The molecule has 24 rings (SSSR count). The maximum atomic E-state index is 12.6. The summed E-state index contributed by atoms with van der Waals surface area (Å²) < 4.78 is 48.4. The molecular formula is C106H126N24O6S. The van der Waals surface area contributed by atoms with Gasteiger partial charge in [-0.05, 0) is 225 Å². The Balaban J connectivity index is 0.000000119. The van der Waals surface area contributed by atoms with Crippen molar-refractivity contribution in [1.82, 2.24) is 84.3 Å². The summed E-state index contributed by atoms with van der Waals surface area (Å²) in [6, 6.07) is 45.1. The summed E-state index contributed by atoms with van der Waals surface area (Å²) in [5.41, 5.74) is 18.3. The molecule has 7 aromatic heterocycles. The molecule has 13 aromatic rings. The van der Waals surface area contributed by atoms with E-state index in [0.29, 0.717) is 87.7 Å². The van der Waals surface area contributed by atoms with Crippen molar-refractivity contribution in [2.45, 2.75) is 223 Å². The van der Waals surface area contributed by atoms with Crippen LogP contribution in [0.5, 0.6) is 18.0 Å². The molecule has 7 saturated heterocycles. The van der Waals surface area contributed by atoms with Crippen LogP contribution in [0.15, 0.2) is 157 Å². The van der Waals surface area contributed by atoms with E-state index in [1.165, 1.54) is 181 Å². The quantitative estimate of drug-likeness (QED) is 0.0506. The molecule has 1 unspecified atom stereocenters. The van der Waals surface area contributed by atoms with Gasteiger partial charge in [-0.3, -0.25) is 29.3 Å². The number of nitrogens with one attached hydrogen (secondary N) is 3. The molecular weight excluding hydrogens is 1740 g/mol. The first kappa shape index (κ1) is 89.7. The summed E-state index contributed by atoms with van der Waals surface area (Å²) in [6.07, 6.45) is 31.4. The lowest BCUT2D eigenvalue weighted by Gasteiger charge is -2.38. The summed E-state index contributed by atoms with van der Waals surface area (Å²) in [5, 5.41) is 30.6. The highest BCUT2D eigenvalue weighted by Gasteiger charge is 2.49. The van der Waals surface area contributed by atoms with Gasteiger partial charge in [0.25, 0.3) is 0 Å². The Labute approximate surface area is 801 Å². The van der Waals surface area contributed by atoms with Crippen molar-refractivity contribution >= 4 is 88.3 Å². The fraction of sp³-hybridized carbons (Fsp3) is 0.472. The van der Waals surface area contributed by atoms with Gasteiger partial charge in [-0.2, -0.15) is 45.2 Å². The van der Waals surface area contributed by atoms with Crippen molar-refractivity contribution < 1.29 is 27.4 Å². The summed E-state index contributed by atoms with van der Waals surface area (Å²) in [5.74, 6) is 3.57. The number of ether oxygens (including phenoxy) is 3. The Bertz CT molecular complexity index is 6720. The predicted octanol–water partition coefficient (Wildman–Crippen LogP) is 15.6. The smallest absolute Gasteiger partial charge is 0.318 e. The SMILES string of the molecule is CCc1cccc2cccc(N3CCc4c(nc(OCC56CCCN5CCC6)nc4N4CCCC(c5[nH]ncc5NC(C)=O)C4)C3)c12.CCc1cccc2cccc(N3CCc4c(nc(OCC56CCCN5CCC6)nc4N4CCn5ncc(S(C)(=O)=O)c5C4)C3)c12.CCc1cccc2cccc(N3CCc4c(nc(OCC56CCCN5CCC6)nc4NCc4cccnc4-n4cncn4)C3)c12. The number of aryl methyl sites for hydroxylation is 3. The van der Waals surface area contributed by atoms with Crippen molar-refractivity contribution in [3.8, 4) is 23.8 Å². The zero-order valence-corrected chi connectivity index (χ0v) is 80.6. The highest BCUT2D eigenvalue weighted by molar-refractivity contribution is 7.90. The molecule has 0 saturated carbocycles. The van der Waals surface area contributed by atoms with E-state index in [-0.39, 0.29) is 28.4 Å². The third kappa shape index (κ3) is 17.7. The fourth-order valence-corrected chi connectivity index (χ4v) is 25.6. The summed E-state index contributed by atoms with van der Waals surface area (Å²) >= 11 is 0. The maximum absolute atomic E-state index is 12.6. The van der Waals surface area contributed by atoms with E-state index in [0.717, 1.165) is 185 Å². The van der Waals surface area contributed by atoms with Gasteiger partial charge in [0.15, 0.2) is 15.7 Å². The van der Waals surface area contributed by atoms with Crippen molar-refractivity contribution in [1.29, 1.82) is 0 Å².